The van der Waals surface area contributed by atoms with Crippen molar-refractivity contribution in [1.29, 1.82) is 0 Å². The highest BCUT2D eigenvalue weighted by Crippen LogP contribution is 2.20. The van der Waals surface area contributed by atoms with E-state index in [1.165, 1.54) is 12.5 Å². The maximum absolute atomic E-state index is 11.8. The van der Waals surface area contributed by atoms with Gasteiger partial charge in [0.1, 0.15) is 6.26 Å². The molecule has 0 unspecified atom stereocenters. The molecular formula is C14H22N2O4. The first kappa shape index (κ1) is 16.2. The second-order valence-corrected chi connectivity index (χ2v) is 5.75. The lowest BCUT2D eigenvalue weighted by atomic mass is 9.86. The van der Waals surface area contributed by atoms with E-state index in [9.17, 15) is 14.7 Å². The molecule has 1 aromatic rings. The first-order valence-corrected chi connectivity index (χ1v) is 6.47. The van der Waals surface area contributed by atoms with E-state index in [4.69, 9.17) is 4.42 Å². The summed E-state index contributed by atoms with van der Waals surface area (Å²) >= 11 is 0. The number of aliphatic hydroxyl groups is 1. The number of hydrogen-bond acceptors (Lipinski definition) is 4. The van der Waals surface area contributed by atoms with Crippen molar-refractivity contribution in [2.45, 2.75) is 45.3 Å². The van der Waals surface area contributed by atoms with Gasteiger partial charge in [-0.1, -0.05) is 0 Å². The zero-order valence-electron chi connectivity index (χ0n) is 12.3. The highest BCUT2D eigenvalue weighted by atomic mass is 16.3. The molecule has 0 aliphatic heterocycles. The van der Waals surface area contributed by atoms with Gasteiger partial charge >= 0.3 is 0 Å². The van der Waals surface area contributed by atoms with Crippen LogP contribution in [-0.4, -0.2) is 34.6 Å². The smallest absolute Gasteiger partial charge is 0.254 e. The average Bonchev–Trinajstić information content (AvgIpc) is 2.79. The van der Waals surface area contributed by atoms with Gasteiger partial charge in [0, 0.05) is 13.0 Å². The van der Waals surface area contributed by atoms with Crippen molar-refractivity contribution in [3.05, 3.63) is 24.2 Å². The molecule has 1 rings (SSSR count). The van der Waals surface area contributed by atoms with E-state index in [-0.39, 0.29) is 24.8 Å². The van der Waals surface area contributed by atoms with Crippen LogP contribution >= 0.6 is 0 Å². The normalized spacial score (nSPS) is 12.1. The van der Waals surface area contributed by atoms with E-state index in [1.54, 1.807) is 33.8 Å². The van der Waals surface area contributed by atoms with Crippen LogP contribution in [0.1, 0.15) is 44.5 Å². The van der Waals surface area contributed by atoms with Gasteiger partial charge < -0.3 is 20.2 Å². The summed E-state index contributed by atoms with van der Waals surface area (Å²) in [6.45, 7) is 6.98. The third-order valence-corrected chi connectivity index (χ3v) is 3.40. The van der Waals surface area contributed by atoms with Gasteiger partial charge in [0.2, 0.25) is 5.91 Å². The van der Waals surface area contributed by atoms with Crippen molar-refractivity contribution in [2.75, 3.05) is 6.54 Å². The van der Waals surface area contributed by atoms with Crippen LogP contribution in [0.15, 0.2) is 23.0 Å². The molecule has 6 heteroatoms. The van der Waals surface area contributed by atoms with Crippen molar-refractivity contribution in [3.63, 3.8) is 0 Å². The van der Waals surface area contributed by atoms with E-state index in [1.807, 2.05) is 0 Å². The fraction of sp³-hybridized carbons (Fsp3) is 0.571. The molecule has 1 heterocycles. The van der Waals surface area contributed by atoms with Crippen molar-refractivity contribution in [1.82, 2.24) is 10.6 Å². The summed E-state index contributed by atoms with van der Waals surface area (Å²) in [4.78, 5) is 23.4. The molecular weight excluding hydrogens is 260 g/mol. The van der Waals surface area contributed by atoms with Gasteiger partial charge in [0.15, 0.2) is 0 Å². The van der Waals surface area contributed by atoms with Crippen LogP contribution < -0.4 is 10.6 Å². The number of rotatable bonds is 6. The molecule has 3 N–H and O–H groups in total. The Labute approximate surface area is 118 Å². The molecule has 6 nitrogen and oxygen atoms in total. The molecule has 112 valence electrons. The number of amides is 2. The SMILES string of the molecule is CC(C)(O)C(C)(C)NC(=O)CCNC(=O)c1ccoc1. The summed E-state index contributed by atoms with van der Waals surface area (Å²) in [7, 11) is 0. The maximum Gasteiger partial charge on any atom is 0.254 e. The zero-order chi connectivity index (χ0) is 15.4. The Kier molecular flexibility index (Phi) is 4.94. The summed E-state index contributed by atoms with van der Waals surface area (Å²) in [6.07, 6.45) is 2.89. The molecule has 0 fully saturated rings. The summed E-state index contributed by atoms with van der Waals surface area (Å²) < 4.78 is 4.80. The van der Waals surface area contributed by atoms with Gasteiger partial charge in [0.05, 0.1) is 23.0 Å². The predicted octanol–water partition coefficient (Wildman–Crippen LogP) is 1.07. The summed E-state index contributed by atoms with van der Waals surface area (Å²) in [5.41, 5.74) is -1.37. The minimum absolute atomic E-state index is 0.142. The third kappa shape index (κ3) is 4.38. The van der Waals surface area contributed by atoms with Crippen LogP contribution in [-0.2, 0) is 4.79 Å². The Morgan fingerprint density at radius 3 is 2.45 bits per heavy atom. The largest absolute Gasteiger partial charge is 0.472 e. The van der Waals surface area contributed by atoms with E-state index < -0.39 is 11.1 Å². The summed E-state index contributed by atoms with van der Waals surface area (Å²) in [5, 5.41) is 15.3. The van der Waals surface area contributed by atoms with Crippen molar-refractivity contribution in [2.24, 2.45) is 0 Å². The Morgan fingerprint density at radius 1 is 1.30 bits per heavy atom. The van der Waals surface area contributed by atoms with Crippen LogP contribution in [0.4, 0.5) is 0 Å². The van der Waals surface area contributed by atoms with E-state index in [0.29, 0.717) is 5.56 Å². The molecule has 0 bridgehead atoms. The van der Waals surface area contributed by atoms with Crippen molar-refractivity contribution in [3.8, 4) is 0 Å². The van der Waals surface area contributed by atoms with Crippen LogP contribution in [0.3, 0.4) is 0 Å². The molecule has 0 aliphatic rings. The molecule has 0 atom stereocenters. The number of hydrogen-bond donors (Lipinski definition) is 3. The van der Waals surface area contributed by atoms with Crippen molar-refractivity contribution >= 4 is 11.8 Å². The Morgan fingerprint density at radius 2 is 1.95 bits per heavy atom. The zero-order valence-corrected chi connectivity index (χ0v) is 12.3. The fourth-order valence-corrected chi connectivity index (χ4v) is 1.35. The van der Waals surface area contributed by atoms with Crippen LogP contribution in [0, 0.1) is 0 Å². The molecule has 0 radical (unpaired) electrons. The van der Waals surface area contributed by atoms with Crippen LogP contribution in [0.2, 0.25) is 0 Å². The number of carbonyl (C=O) groups excluding carboxylic acids is 2. The minimum atomic E-state index is -1.04. The molecule has 20 heavy (non-hydrogen) atoms. The van der Waals surface area contributed by atoms with Gasteiger partial charge in [-0.15, -0.1) is 0 Å². The molecule has 0 aliphatic carbocycles. The Balaban J connectivity index is 2.36. The molecule has 1 aromatic heterocycles. The monoisotopic (exact) mass is 282 g/mol. The van der Waals surface area contributed by atoms with E-state index >= 15 is 0 Å². The maximum atomic E-state index is 11.8. The number of carbonyl (C=O) groups is 2. The molecule has 0 spiro atoms. The van der Waals surface area contributed by atoms with Gasteiger partial charge in [-0.05, 0) is 33.8 Å². The second-order valence-electron chi connectivity index (χ2n) is 5.75. The highest BCUT2D eigenvalue weighted by molar-refractivity contribution is 5.94. The van der Waals surface area contributed by atoms with Crippen LogP contribution in [0.5, 0.6) is 0 Å². The topological polar surface area (TPSA) is 91.6 Å². The Bertz CT molecular complexity index is 458. The van der Waals surface area contributed by atoms with Gasteiger partial charge in [-0.3, -0.25) is 9.59 Å². The third-order valence-electron chi connectivity index (χ3n) is 3.40. The number of furan rings is 1. The lowest BCUT2D eigenvalue weighted by Gasteiger charge is -2.38. The molecule has 2 amide bonds. The van der Waals surface area contributed by atoms with Gasteiger partial charge in [-0.2, -0.15) is 0 Å². The van der Waals surface area contributed by atoms with E-state index in [2.05, 4.69) is 10.6 Å². The first-order valence-electron chi connectivity index (χ1n) is 6.47. The Hall–Kier alpha value is -1.82. The van der Waals surface area contributed by atoms with Gasteiger partial charge in [-0.25, -0.2) is 0 Å². The molecule has 0 saturated heterocycles. The summed E-state index contributed by atoms with van der Waals surface area (Å²) in [6, 6.07) is 1.55. The molecule has 0 saturated carbocycles. The lowest BCUT2D eigenvalue weighted by Crippen LogP contribution is -2.58. The average molecular weight is 282 g/mol. The quantitative estimate of drug-likeness (QED) is 0.727. The lowest BCUT2D eigenvalue weighted by molar-refractivity contribution is -0.126. The van der Waals surface area contributed by atoms with Crippen LogP contribution in [0.25, 0.3) is 0 Å². The molecule has 0 aromatic carbocycles. The summed E-state index contributed by atoms with van der Waals surface area (Å²) in [5.74, 6) is -0.516. The minimum Gasteiger partial charge on any atom is -0.472 e. The fourth-order valence-electron chi connectivity index (χ4n) is 1.35. The van der Waals surface area contributed by atoms with Crippen molar-refractivity contribution < 1.29 is 19.1 Å². The predicted molar refractivity (Wildman–Crippen MR) is 74.2 cm³/mol. The number of nitrogens with one attached hydrogen (secondary N) is 2. The second kappa shape index (κ2) is 6.09. The van der Waals surface area contributed by atoms with E-state index in [0.717, 1.165) is 0 Å². The first-order chi connectivity index (χ1) is 9.13. The van der Waals surface area contributed by atoms with Gasteiger partial charge in [0.25, 0.3) is 5.91 Å². The standard InChI is InChI=1S/C14H22N2O4/c1-13(2,14(3,4)19)16-11(17)5-7-15-12(18)10-6-8-20-9-10/h6,8-9,19H,5,7H2,1-4H3,(H,15,18)(H,16,17). The highest BCUT2D eigenvalue weighted by Gasteiger charge is 2.36.